The number of carbonyl (C=O) groups is 1. The van der Waals surface area contributed by atoms with E-state index in [0.29, 0.717) is 39.2 Å². The second kappa shape index (κ2) is 11.3. The number of benzene rings is 4. The second-order valence-corrected chi connectivity index (χ2v) is 10.2. The molecule has 2 aromatic heterocycles. The van der Waals surface area contributed by atoms with Crippen LogP contribution in [0, 0.1) is 9.39 Å². The van der Waals surface area contributed by atoms with Gasteiger partial charge in [0.1, 0.15) is 17.1 Å². The maximum absolute atomic E-state index is 13.5. The van der Waals surface area contributed by atoms with Gasteiger partial charge in [0.15, 0.2) is 12.4 Å². The molecule has 0 bridgehead atoms. The molecule has 8 nitrogen and oxygen atoms in total. The van der Waals surface area contributed by atoms with Crippen LogP contribution in [0.5, 0.6) is 5.75 Å². The Morgan fingerprint density at radius 3 is 2.68 bits per heavy atom. The summed E-state index contributed by atoms with van der Waals surface area (Å²) in [4.78, 5) is 30.4. The van der Waals surface area contributed by atoms with Crippen molar-refractivity contribution >= 4 is 62.3 Å². The van der Waals surface area contributed by atoms with Crippen LogP contribution in [0.3, 0.4) is 0 Å². The van der Waals surface area contributed by atoms with Crippen LogP contribution in [0.25, 0.3) is 33.5 Å². The number of halogens is 2. The Labute approximate surface area is 246 Å². The number of carbonyl (C=O) groups excluding carboxylic acids is 1. The second-order valence-electron chi connectivity index (χ2n) is 9.00. The van der Waals surface area contributed by atoms with Gasteiger partial charge in [-0.1, -0.05) is 36.4 Å². The van der Waals surface area contributed by atoms with Crippen molar-refractivity contribution < 1.29 is 18.3 Å². The topological polar surface area (TPSA) is 98.7 Å². The summed E-state index contributed by atoms with van der Waals surface area (Å²) in [6.45, 7) is -0.251. The molecule has 202 valence electrons. The molecule has 0 aliphatic heterocycles. The van der Waals surface area contributed by atoms with Crippen LogP contribution < -0.4 is 15.6 Å². The van der Waals surface area contributed by atoms with Gasteiger partial charge < -0.3 is 14.5 Å². The smallest absolute Gasteiger partial charge is 0.282 e. The number of furan rings is 1. The predicted molar refractivity (Wildman–Crippen MR) is 164 cm³/mol. The number of fused-ring (bicyclic) bond motifs is 2. The summed E-state index contributed by atoms with van der Waals surface area (Å²) in [6.07, 6.45) is 1.55. The van der Waals surface area contributed by atoms with E-state index in [2.05, 4.69) is 33.0 Å². The van der Waals surface area contributed by atoms with Crippen LogP contribution in [0.4, 0.5) is 10.1 Å². The van der Waals surface area contributed by atoms with Crippen molar-refractivity contribution in [1.82, 2.24) is 9.66 Å². The summed E-state index contributed by atoms with van der Waals surface area (Å²) in [7, 11) is 0. The highest BCUT2D eigenvalue weighted by Gasteiger charge is 2.16. The molecule has 0 saturated carbocycles. The largest absolute Gasteiger partial charge is 0.483 e. The third-order valence-corrected chi connectivity index (χ3v) is 6.99. The Bertz CT molecular complexity index is 1980. The van der Waals surface area contributed by atoms with Crippen LogP contribution in [0.2, 0.25) is 0 Å². The molecule has 2 heterocycles. The fraction of sp³-hybridized carbons (Fsp3) is 0.0323. The molecule has 0 atom stereocenters. The SMILES string of the molecule is O=C(COc1ccc(C=Nn2c(-c3cc4ccccc4o3)nc3ccccc3c2=O)cc1I)Nc1cccc(F)c1. The summed E-state index contributed by atoms with van der Waals surface area (Å²) in [5.74, 6) is 0.325. The molecule has 1 N–H and O–H groups in total. The van der Waals surface area contributed by atoms with E-state index in [1.807, 2.05) is 42.5 Å². The molecular weight excluding hydrogens is 638 g/mol. The molecule has 0 unspecified atom stereocenters. The van der Waals surface area contributed by atoms with E-state index in [-0.39, 0.29) is 18.0 Å². The first kappa shape index (κ1) is 26.4. The maximum atomic E-state index is 13.5. The van der Waals surface area contributed by atoms with E-state index in [1.165, 1.54) is 22.9 Å². The lowest BCUT2D eigenvalue weighted by atomic mass is 10.2. The Kier molecular flexibility index (Phi) is 7.30. The number of hydrogen-bond acceptors (Lipinski definition) is 6. The van der Waals surface area contributed by atoms with Gasteiger partial charge in [-0.3, -0.25) is 9.59 Å². The van der Waals surface area contributed by atoms with Crippen molar-refractivity contribution in [2.75, 3.05) is 11.9 Å². The van der Waals surface area contributed by atoms with Gasteiger partial charge in [0.25, 0.3) is 11.5 Å². The third-order valence-electron chi connectivity index (χ3n) is 6.15. The lowest BCUT2D eigenvalue weighted by Crippen LogP contribution is -2.20. The van der Waals surface area contributed by atoms with E-state index in [1.54, 1.807) is 42.6 Å². The summed E-state index contributed by atoms with van der Waals surface area (Å²) in [5.41, 5.74) is 1.93. The van der Waals surface area contributed by atoms with Crippen LogP contribution in [0.1, 0.15) is 5.56 Å². The fourth-order valence-corrected chi connectivity index (χ4v) is 4.92. The van der Waals surface area contributed by atoms with E-state index in [4.69, 9.17) is 14.1 Å². The summed E-state index contributed by atoms with van der Waals surface area (Å²) < 4.78 is 27.0. The van der Waals surface area contributed by atoms with Crippen LogP contribution >= 0.6 is 22.6 Å². The van der Waals surface area contributed by atoms with E-state index >= 15 is 0 Å². The van der Waals surface area contributed by atoms with Crippen LogP contribution in [-0.2, 0) is 4.79 Å². The van der Waals surface area contributed by atoms with Gasteiger partial charge in [-0.15, -0.1) is 0 Å². The van der Waals surface area contributed by atoms with Gasteiger partial charge in [-0.25, -0.2) is 9.37 Å². The number of amides is 1. The van der Waals surface area contributed by atoms with E-state index in [9.17, 15) is 14.0 Å². The Hall–Kier alpha value is -4.84. The van der Waals surface area contributed by atoms with Crippen molar-refractivity contribution in [3.05, 3.63) is 122 Å². The number of aromatic nitrogens is 2. The van der Waals surface area contributed by atoms with E-state index < -0.39 is 11.7 Å². The number of nitrogens with one attached hydrogen (secondary N) is 1. The van der Waals surface area contributed by atoms with E-state index in [0.717, 1.165) is 8.96 Å². The van der Waals surface area contributed by atoms with Crippen molar-refractivity contribution in [1.29, 1.82) is 0 Å². The quantitative estimate of drug-likeness (QED) is 0.157. The zero-order valence-corrected chi connectivity index (χ0v) is 23.4. The molecule has 10 heteroatoms. The number of rotatable bonds is 7. The molecule has 0 saturated heterocycles. The number of ether oxygens (including phenoxy) is 1. The minimum Gasteiger partial charge on any atom is -0.483 e. The fourth-order valence-electron chi connectivity index (χ4n) is 4.23. The first-order valence-electron chi connectivity index (χ1n) is 12.5. The zero-order valence-electron chi connectivity index (χ0n) is 21.3. The van der Waals surface area contributed by atoms with Gasteiger partial charge in [-0.2, -0.15) is 9.78 Å². The first-order valence-corrected chi connectivity index (χ1v) is 13.6. The molecule has 0 aliphatic rings. The van der Waals surface area contributed by atoms with Crippen molar-refractivity contribution in [2.45, 2.75) is 0 Å². The molecular formula is C31H20FIN4O4. The van der Waals surface area contributed by atoms with Gasteiger partial charge in [-0.05, 0) is 88.8 Å². The monoisotopic (exact) mass is 658 g/mol. The lowest BCUT2D eigenvalue weighted by molar-refractivity contribution is -0.118. The number of nitrogens with zero attached hydrogens (tertiary/aromatic N) is 3. The predicted octanol–water partition coefficient (Wildman–Crippen LogP) is 6.45. The highest BCUT2D eigenvalue weighted by molar-refractivity contribution is 14.1. The molecule has 0 spiro atoms. The molecule has 0 aliphatic carbocycles. The summed E-state index contributed by atoms with van der Waals surface area (Å²) in [5, 5.41) is 8.40. The average molecular weight is 658 g/mol. The molecule has 41 heavy (non-hydrogen) atoms. The highest BCUT2D eigenvalue weighted by atomic mass is 127. The highest BCUT2D eigenvalue weighted by Crippen LogP contribution is 2.27. The third kappa shape index (κ3) is 5.73. The average Bonchev–Trinajstić information content (AvgIpc) is 3.40. The molecule has 6 aromatic rings. The Morgan fingerprint density at radius 2 is 1.85 bits per heavy atom. The molecule has 1 amide bonds. The number of anilines is 1. The standard InChI is InChI=1S/C31H20FIN4O4/c32-21-7-5-8-22(16-21)35-29(38)18-40-27-13-12-19(14-24(27)33)17-34-37-30(28-15-20-6-1-4-11-26(20)41-28)36-25-10-3-2-9-23(25)31(37)39/h1-17H,18H2,(H,35,38). The first-order chi connectivity index (χ1) is 19.9. The normalized spacial score (nSPS) is 11.4. The Balaban J connectivity index is 1.26. The van der Waals surface area contributed by atoms with Gasteiger partial charge >= 0.3 is 0 Å². The van der Waals surface area contributed by atoms with Crippen LogP contribution in [-0.4, -0.2) is 28.4 Å². The number of hydrogen-bond donors (Lipinski definition) is 1. The van der Waals surface area contributed by atoms with Crippen molar-refractivity contribution in [3.8, 4) is 17.3 Å². The Morgan fingerprint density at radius 1 is 1.02 bits per heavy atom. The summed E-state index contributed by atoms with van der Waals surface area (Å²) >= 11 is 2.09. The number of para-hydroxylation sites is 2. The minimum atomic E-state index is -0.443. The molecule has 6 rings (SSSR count). The molecule has 4 aromatic carbocycles. The van der Waals surface area contributed by atoms with Gasteiger partial charge in [0.05, 0.1) is 20.7 Å². The maximum Gasteiger partial charge on any atom is 0.282 e. The summed E-state index contributed by atoms with van der Waals surface area (Å²) in [6, 6.07) is 27.4. The molecule has 0 radical (unpaired) electrons. The van der Waals surface area contributed by atoms with Gasteiger partial charge in [0.2, 0.25) is 5.82 Å². The van der Waals surface area contributed by atoms with Crippen LogP contribution in [0.15, 0.2) is 111 Å². The molecule has 0 fully saturated rings. The zero-order chi connectivity index (χ0) is 28.3. The minimum absolute atomic E-state index is 0.251. The van der Waals surface area contributed by atoms with Gasteiger partial charge in [0, 0.05) is 11.1 Å². The lowest BCUT2D eigenvalue weighted by Gasteiger charge is -2.10. The van der Waals surface area contributed by atoms with Crippen molar-refractivity contribution in [2.24, 2.45) is 5.10 Å². The van der Waals surface area contributed by atoms with Crippen molar-refractivity contribution in [3.63, 3.8) is 0 Å².